The van der Waals surface area contributed by atoms with Gasteiger partial charge in [-0.05, 0) is 18.2 Å². The predicted molar refractivity (Wildman–Crippen MR) is 52.9 cm³/mol. The molecular weight excluding hydrogens is 164 g/mol. The number of hydrogen-bond donors (Lipinski definition) is 2. The summed E-state index contributed by atoms with van der Waals surface area (Å²) in [5.74, 6) is 0. The zero-order chi connectivity index (χ0) is 9.84. The molecule has 4 nitrogen and oxygen atoms in total. The Morgan fingerprint density at radius 2 is 2.15 bits per heavy atom. The molecule has 3 N–H and O–H groups in total. The van der Waals surface area contributed by atoms with Crippen molar-refractivity contribution in [3.05, 3.63) is 23.8 Å². The molecule has 13 heavy (non-hydrogen) atoms. The smallest absolute Gasteiger partial charge is 0.101 e. The van der Waals surface area contributed by atoms with Crippen molar-refractivity contribution < 1.29 is 0 Å². The fourth-order valence-corrected chi connectivity index (χ4v) is 0.993. The lowest BCUT2D eigenvalue weighted by atomic mass is 10.2. The van der Waals surface area contributed by atoms with Crippen molar-refractivity contribution in [3.8, 4) is 6.07 Å². The average molecular weight is 176 g/mol. The maximum Gasteiger partial charge on any atom is 0.101 e. The summed E-state index contributed by atoms with van der Waals surface area (Å²) < 4.78 is 0. The first kappa shape index (κ1) is 9.36. The van der Waals surface area contributed by atoms with Crippen molar-refractivity contribution >= 4 is 11.4 Å². The number of nitrogens with zero attached hydrogens (tertiary/aromatic N) is 2. The lowest BCUT2D eigenvalue weighted by Crippen LogP contribution is -2.20. The third kappa shape index (κ3) is 2.36. The van der Waals surface area contributed by atoms with E-state index < -0.39 is 0 Å². The maximum atomic E-state index is 8.79. The second-order valence-electron chi connectivity index (χ2n) is 2.92. The van der Waals surface area contributed by atoms with Crippen LogP contribution in [0.4, 0.5) is 11.4 Å². The fourth-order valence-electron chi connectivity index (χ4n) is 0.993. The topological polar surface area (TPSA) is 65.1 Å². The molecule has 0 aromatic heterocycles. The van der Waals surface area contributed by atoms with Crippen molar-refractivity contribution in [1.29, 1.82) is 5.26 Å². The molecule has 0 saturated carbocycles. The van der Waals surface area contributed by atoms with Crippen LogP contribution in [0.3, 0.4) is 0 Å². The van der Waals surface area contributed by atoms with Gasteiger partial charge in [0, 0.05) is 19.8 Å². The van der Waals surface area contributed by atoms with Crippen LogP contribution in [0, 0.1) is 11.3 Å². The first-order chi connectivity index (χ1) is 6.13. The molecular formula is C9H12N4. The molecule has 0 radical (unpaired) electrons. The summed E-state index contributed by atoms with van der Waals surface area (Å²) in [6, 6.07) is 7.26. The number of anilines is 2. The summed E-state index contributed by atoms with van der Waals surface area (Å²) in [6.45, 7) is 0. The van der Waals surface area contributed by atoms with Crippen molar-refractivity contribution in [2.75, 3.05) is 25.3 Å². The summed E-state index contributed by atoms with van der Waals surface area (Å²) >= 11 is 0. The molecule has 0 heterocycles. The molecule has 68 valence electrons. The third-order valence-electron chi connectivity index (χ3n) is 1.51. The van der Waals surface area contributed by atoms with Crippen LogP contribution in [-0.2, 0) is 0 Å². The molecule has 0 atom stereocenters. The average Bonchev–Trinajstić information content (AvgIpc) is 2.07. The molecule has 0 spiro atoms. The quantitative estimate of drug-likeness (QED) is 0.521. The van der Waals surface area contributed by atoms with E-state index in [0.29, 0.717) is 11.3 Å². The van der Waals surface area contributed by atoms with Crippen molar-refractivity contribution in [3.63, 3.8) is 0 Å². The molecule has 0 aliphatic heterocycles. The van der Waals surface area contributed by atoms with Gasteiger partial charge in [-0.15, -0.1) is 0 Å². The minimum absolute atomic E-state index is 0.550. The zero-order valence-electron chi connectivity index (χ0n) is 7.70. The van der Waals surface area contributed by atoms with E-state index >= 15 is 0 Å². The van der Waals surface area contributed by atoms with Crippen LogP contribution in [-0.4, -0.2) is 19.1 Å². The molecule has 1 aromatic rings. The maximum absolute atomic E-state index is 8.79. The minimum atomic E-state index is 0.550. The number of hydrogen-bond acceptors (Lipinski definition) is 4. The number of nitrogen functional groups attached to an aromatic ring is 1. The zero-order valence-corrected chi connectivity index (χ0v) is 7.70. The van der Waals surface area contributed by atoms with Gasteiger partial charge >= 0.3 is 0 Å². The molecule has 0 aliphatic carbocycles. The third-order valence-corrected chi connectivity index (χ3v) is 1.51. The minimum Gasteiger partial charge on any atom is -0.399 e. The molecule has 0 aliphatic rings. The Morgan fingerprint density at radius 1 is 1.46 bits per heavy atom. The largest absolute Gasteiger partial charge is 0.399 e. The summed E-state index contributed by atoms with van der Waals surface area (Å²) in [7, 11) is 3.72. The predicted octanol–water partition coefficient (Wildman–Crippen LogP) is 1.03. The van der Waals surface area contributed by atoms with Crippen LogP contribution >= 0.6 is 0 Å². The first-order valence-corrected chi connectivity index (χ1v) is 3.87. The number of nitrogens with one attached hydrogen (secondary N) is 1. The van der Waals surface area contributed by atoms with E-state index in [1.165, 1.54) is 0 Å². The lowest BCUT2D eigenvalue weighted by Gasteiger charge is -2.14. The van der Waals surface area contributed by atoms with E-state index in [2.05, 4.69) is 11.5 Å². The van der Waals surface area contributed by atoms with Gasteiger partial charge in [-0.3, -0.25) is 0 Å². The molecule has 4 heteroatoms. The van der Waals surface area contributed by atoms with Gasteiger partial charge in [0.15, 0.2) is 0 Å². The van der Waals surface area contributed by atoms with Gasteiger partial charge in [0.2, 0.25) is 0 Å². The molecule has 0 unspecified atom stereocenters. The van der Waals surface area contributed by atoms with Crippen LogP contribution < -0.4 is 11.2 Å². The molecule has 0 saturated heterocycles. The fraction of sp³-hybridized carbons (Fsp3) is 0.222. The lowest BCUT2D eigenvalue weighted by molar-refractivity contribution is 0.495. The Labute approximate surface area is 77.5 Å². The van der Waals surface area contributed by atoms with Crippen LogP contribution in [0.5, 0.6) is 0 Å². The van der Waals surface area contributed by atoms with Crippen molar-refractivity contribution in [2.45, 2.75) is 0 Å². The normalized spacial score (nSPS) is 9.69. The highest BCUT2D eigenvalue weighted by molar-refractivity contribution is 5.62. The Balaban J connectivity index is 3.01. The van der Waals surface area contributed by atoms with Gasteiger partial charge in [0.05, 0.1) is 11.3 Å². The van der Waals surface area contributed by atoms with Gasteiger partial charge in [-0.2, -0.15) is 5.26 Å². The second kappa shape index (κ2) is 3.78. The number of nitriles is 1. The molecule has 0 bridgehead atoms. The number of nitrogens with two attached hydrogens (primary N) is 1. The SMILES string of the molecule is CN(C)Nc1ccc(N)cc1C#N. The summed E-state index contributed by atoms with van der Waals surface area (Å²) in [5, 5.41) is 10.6. The summed E-state index contributed by atoms with van der Waals surface area (Å²) in [6.07, 6.45) is 0. The van der Waals surface area contributed by atoms with Crippen LogP contribution in [0.1, 0.15) is 5.56 Å². The first-order valence-electron chi connectivity index (χ1n) is 3.87. The monoisotopic (exact) mass is 176 g/mol. The van der Waals surface area contributed by atoms with Gasteiger partial charge in [-0.1, -0.05) is 0 Å². The second-order valence-corrected chi connectivity index (χ2v) is 2.92. The van der Waals surface area contributed by atoms with E-state index in [1.54, 1.807) is 23.2 Å². The highest BCUT2D eigenvalue weighted by atomic mass is 15.5. The number of hydrazine groups is 1. The van der Waals surface area contributed by atoms with Crippen LogP contribution in [0.25, 0.3) is 0 Å². The Kier molecular flexibility index (Phi) is 2.72. The van der Waals surface area contributed by atoms with Gasteiger partial charge in [0.25, 0.3) is 0 Å². The van der Waals surface area contributed by atoms with Gasteiger partial charge in [-0.25, -0.2) is 5.01 Å². The Hall–Kier alpha value is -1.73. The van der Waals surface area contributed by atoms with Crippen LogP contribution in [0.15, 0.2) is 18.2 Å². The molecule has 0 amide bonds. The molecule has 1 rings (SSSR count). The Morgan fingerprint density at radius 3 is 2.69 bits per heavy atom. The van der Waals surface area contributed by atoms with E-state index in [0.717, 1.165) is 5.69 Å². The van der Waals surface area contributed by atoms with Gasteiger partial charge < -0.3 is 11.2 Å². The summed E-state index contributed by atoms with van der Waals surface area (Å²) in [4.78, 5) is 0. The highest BCUT2D eigenvalue weighted by Crippen LogP contribution is 2.17. The molecule has 0 fully saturated rings. The highest BCUT2D eigenvalue weighted by Gasteiger charge is 2.01. The van der Waals surface area contributed by atoms with E-state index in [1.807, 2.05) is 14.1 Å². The van der Waals surface area contributed by atoms with Gasteiger partial charge in [0.1, 0.15) is 6.07 Å². The number of benzene rings is 1. The van der Waals surface area contributed by atoms with Crippen LogP contribution in [0.2, 0.25) is 0 Å². The number of rotatable bonds is 2. The van der Waals surface area contributed by atoms with E-state index in [-0.39, 0.29) is 0 Å². The van der Waals surface area contributed by atoms with E-state index in [4.69, 9.17) is 11.0 Å². The molecule has 1 aromatic carbocycles. The van der Waals surface area contributed by atoms with Crippen molar-refractivity contribution in [1.82, 2.24) is 5.01 Å². The Bertz CT molecular complexity index is 338. The van der Waals surface area contributed by atoms with Crippen molar-refractivity contribution in [2.24, 2.45) is 0 Å². The standard InChI is InChI=1S/C9H12N4/c1-13(2)12-9-4-3-8(11)5-7(9)6-10/h3-5,12H,11H2,1-2H3. The summed E-state index contributed by atoms with van der Waals surface area (Å²) in [5.41, 5.74) is 10.5. The van der Waals surface area contributed by atoms with E-state index in [9.17, 15) is 0 Å².